The Bertz CT molecular complexity index is 410. The van der Waals surface area contributed by atoms with Crippen LogP contribution in [0.2, 0.25) is 0 Å². The van der Waals surface area contributed by atoms with Crippen LogP contribution in [0, 0.1) is 5.82 Å². The highest BCUT2D eigenvalue weighted by Gasteiger charge is 2.16. The first-order chi connectivity index (χ1) is 7.79. The summed E-state index contributed by atoms with van der Waals surface area (Å²) < 4.78 is 18.8. The lowest BCUT2D eigenvalue weighted by Gasteiger charge is -2.19. The highest BCUT2D eigenvalue weighted by molar-refractivity contribution is 9.10. The molecule has 0 saturated carbocycles. The number of aryl methyl sites for hydroxylation is 1. The first-order valence-electron chi connectivity index (χ1n) is 5.44. The smallest absolute Gasteiger partial charge is 0.306 e. The SMILES string of the molecule is CC(C)(C)OC(=O)CCc1cccc(F)c1Br. The zero-order valence-corrected chi connectivity index (χ0v) is 11.8. The van der Waals surface area contributed by atoms with Crippen LogP contribution in [-0.4, -0.2) is 11.6 Å². The van der Waals surface area contributed by atoms with E-state index < -0.39 is 5.60 Å². The molecule has 17 heavy (non-hydrogen) atoms. The van der Waals surface area contributed by atoms with E-state index in [1.165, 1.54) is 6.07 Å². The Balaban J connectivity index is 2.56. The first-order valence-corrected chi connectivity index (χ1v) is 6.23. The first kappa shape index (κ1) is 14.2. The average Bonchev–Trinajstić information content (AvgIpc) is 2.18. The van der Waals surface area contributed by atoms with E-state index in [0.29, 0.717) is 10.9 Å². The van der Waals surface area contributed by atoms with Gasteiger partial charge in [0.1, 0.15) is 11.4 Å². The van der Waals surface area contributed by atoms with Crippen LogP contribution in [0.4, 0.5) is 4.39 Å². The molecular formula is C13H16BrFO2. The fourth-order valence-corrected chi connectivity index (χ4v) is 1.83. The van der Waals surface area contributed by atoms with Gasteiger partial charge in [0, 0.05) is 6.42 Å². The van der Waals surface area contributed by atoms with Crippen LogP contribution < -0.4 is 0 Å². The molecule has 0 aliphatic heterocycles. The number of esters is 1. The Hall–Kier alpha value is -0.900. The summed E-state index contributed by atoms with van der Waals surface area (Å²) in [6, 6.07) is 4.79. The molecule has 0 bridgehead atoms. The molecule has 0 aliphatic carbocycles. The summed E-state index contributed by atoms with van der Waals surface area (Å²) in [5.41, 5.74) is 0.298. The average molecular weight is 303 g/mol. The number of benzene rings is 1. The molecule has 0 aliphatic rings. The lowest BCUT2D eigenvalue weighted by Crippen LogP contribution is -2.24. The van der Waals surface area contributed by atoms with E-state index >= 15 is 0 Å². The maximum Gasteiger partial charge on any atom is 0.306 e. The molecule has 1 aromatic rings. The van der Waals surface area contributed by atoms with Crippen molar-refractivity contribution in [1.82, 2.24) is 0 Å². The molecule has 1 aromatic carbocycles. The third-order valence-electron chi connectivity index (χ3n) is 2.05. The monoisotopic (exact) mass is 302 g/mol. The van der Waals surface area contributed by atoms with Gasteiger partial charge in [-0.2, -0.15) is 0 Å². The normalized spacial score (nSPS) is 11.4. The summed E-state index contributed by atoms with van der Waals surface area (Å²) in [6.07, 6.45) is 0.715. The van der Waals surface area contributed by atoms with Gasteiger partial charge >= 0.3 is 5.97 Å². The summed E-state index contributed by atoms with van der Waals surface area (Å²) in [5.74, 6) is -0.583. The lowest BCUT2D eigenvalue weighted by atomic mass is 10.1. The maximum atomic E-state index is 13.2. The van der Waals surface area contributed by atoms with Gasteiger partial charge in [-0.3, -0.25) is 4.79 Å². The largest absolute Gasteiger partial charge is 0.460 e. The number of rotatable bonds is 3. The van der Waals surface area contributed by atoms with Crippen molar-refractivity contribution < 1.29 is 13.9 Å². The Kier molecular flexibility index (Phi) is 4.69. The molecule has 0 radical (unpaired) electrons. The minimum absolute atomic E-state index is 0.249. The molecule has 0 amide bonds. The Morgan fingerprint density at radius 3 is 2.65 bits per heavy atom. The summed E-state index contributed by atoms with van der Waals surface area (Å²) in [5, 5.41) is 0. The number of carbonyl (C=O) groups is 1. The molecule has 0 N–H and O–H groups in total. The molecule has 4 heteroatoms. The quantitative estimate of drug-likeness (QED) is 0.793. The molecule has 0 fully saturated rings. The van der Waals surface area contributed by atoms with Crippen LogP contribution in [0.1, 0.15) is 32.8 Å². The Morgan fingerprint density at radius 1 is 1.41 bits per heavy atom. The number of carbonyl (C=O) groups excluding carboxylic acids is 1. The van der Waals surface area contributed by atoms with Crippen molar-refractivity contribution in [2.75, 3.05) is 0 Å². The third kappa shape index (κ3) is 4.86. The van der Waals surface area contributed by atoms with E-state index in [1.807, 2.05) is 20.8 Å². The minimum Gasteiger partial charge on any atom is -0.460 e. The second-order valence-corrected chi connectivity index (χ2v) is 5.59. The molecule has 0 spiro atoms. The van der Waals surface area contributed by atoms with Gasteiger partial charge < -0.3 is 4.74 Å². The van der Waals surface area contributed by atoms with Crippen molar-refractivity contribution in [3.63, 3.8) is 0 Å². The molecule has 0 saturated heterocycles. The van der Waals surface area contributed by atoms with E-state index in [4.69, 9.17) is 4.74 Å². The zero-order chi connectivity index (χ0) is 13.1. The Morgan fingerprint density at radius 2 is 2.06 bits per heavy atom. The van der Waals surface area contributed by atoms with Crippen molar-refractivity contribution in [2.24, 2.45) is 0 Å². The molecule has 0 unspecified atom stereocenters. The maximum absolute atomic E-state index is 13.2. The number of hydrogen-bond acceptors (Lipinski definition) is 2. The van der Waals surface area contributed by atoms with Gasteiger partial charge in [-0.1, -0.05) is 12.1 Å². The predicted molar refractivity (Wildman–Crippen MR) is 68.3 cm³/mol. The highest BCUT2D eigenvalue weighted by Crippen LogP contribution is 2.22. The molecule has 0 atom stereocenters. The van der Waals surface area contributed by atoms with Crippen molar-refractivity contribution in [3.8, 4) is 0 Å². The van der Waals surface area contributed by atoms with Crippen LogP contribution >= 0.6 is 15.9 Å². The summed E-state index contributed by atoms with van der Waals surface area (Å²) >= 11 is 3.16. The van der Waals surface area contributed by atoms with Gasteiger partial charge in [0.2, 0.25) is 0 Å². The second-order valence-electron chi connectivity index (χ2n) is 4.80. The summed E-state index contributed by atoms with van der Waals surface area (Å²) in [4.78, 5) is 11.5. The van der Waals surface area contributed by atoms with Gasteiger partial charge in [-0.25, -0.2) is 4.39 Å². The second kappa shape index (κ2) is 5.63. The molecular weight excluding hydrogens is 287 g/mol. The van der Waals surface area contributed by atoms with Gasteiger partial charge in [-0.15, -0.1) is 0 Å². The van der Waals surface area contributed by atoms with E-state index in [0.717, 1.165) is 5.56 Å². The lowest BCUT2D eigenvalue weighted by molar-refractivity contribution is -0.154. The molecule has 0 aromatic heterocycles. The van der Waals surface area contributed by atoms with Crippen molar-refractivity contribution >= 4 is 21.9 Å². The van der Waals surface area contributed by atoms with Crippen molar-refractivity contribution in [2.45, 2.75) is 39.2 Å². The fourth-order valence-electron chi connectivity index (χ4n) is 1.37. The minimum atomic E-state index is -0.476. The third-order valence-corrected chi connectivity index (χ3v) is 2.94. The van der Waals surface area contributed by atoms with E-state index in [1.54, 1.807) is 12.1 Å². The van der Waals surface area contributed by atoms with Gasteiger partial charge in [0.25, 0.3) is 0 Å². The van der Waals surface area contributed by atoms with Crippen LogP contribution in [0.15, 0.2) is 22.7 Å². The predicted octanol–water partition coefficient (Wildman–Crippen LogP) is 3.86. The Labute approximate surface area is 109 Å². The summed E-state index contributed by atoms with van der Waals surface area (Å²) in [6.45, 7) is 5.47. The summed E-state index contributed by atoms with van der Waals surface area (Å²) in [7, 11) is 0. The van der Waals surface area contributed by atoms with Crippen LogP contribution in [-0.2, 0) is 16.0 Å². The topological polar surface area (TPSA) is 26.3 Å². The van der Waals surface area contributed by atoms with E-state index in [2.05, 4.69) is 15.9 Å². The zero-order valence-electron chi connectivity index (χ0n) is 10.2. The highest BCUT2D eigenvalue weighted by atomic mass is 79.9. The van der Waals surface area contributed by atoms with Crippen molar-refractivity contribution in [1.29, 1.82) is 0 Å². The fraction of sp³-hybridized carbons (Fsp3) is 0.462. The van der Waals surface area contributed by atoms with Gasteiger partial charge in [0.05, 0.1) is 4.47 Å². The molecule has 0 heterocycles. The van der Waals surface area contributed by atoms with Gasteiger partial charge in [-0.05, 0) is 54.8 Å². The van der Waals surface area contributed by atoms with Gasteiger partial charge in [0.15, 0.2) is 0 Å². The number of ether oxygens (including phenoxy) is 1. The standard InChI is InChI=1S/C13H16BrFO2/c1-13(2,3)17-11(16)8-7-9-5-4-6-10(15)12(9)14/h4-6H,7-8H2,1-3H3. The van der Waals surface area contributed by atoms with E-state index in [-0.39, 0.29) is 18.2 Å². The van der Waals surface area contributed by atoms with Crippen LogP contribution in [0.3, 0.4) is 0 Å². The molecule has 2 nitrogen and oxygen atoms in total. The number of halogens is 2. The molecule has 94 valence electrons. The number of hydrogen-bond donors (Lipinski definition) is 0. The van der Waals surface area contributed by atoms with Crippen LogP contribution in [0.5, 0.6) is 0 Å². The molecule has 1 rings (SSSR count). The van der Waals surface area contributed by atoms with Crippen LogP contribution in [0.25, 0.3) is 0 Å². The van der Waals surface area contributed by atoms with Crippen molar-refractivity contribution in [3.05, 3.63) is 34.1 Å². The van der Waals surface area contributed by atoms with E-state index in [9.17, 15) is 9.18 Å².